The molecule has 0 bridgehead atoms. The molecule has 3 aromatic rings. The average Bonchev–Trinajstić information content (AvgIpc) is 3.10. The molecule has 2 aromatic carbocycles. The summed E-state index contributed by atoms with van der Waals surface area (Å²) in [5.74, 6) is 0. The zero-order valence-corrected chi connectivity index (χ0v) is 16.6. The Balaban J connectivity index is 1.65. The van der Waals surface area contributed by atoms with Crippen LogP contribution in [0.4, 0.5) is 0 Å². The summed E-state index contributed by atoms with van der Waals surface area (Å²) < 4.78 is 3.94. The van der Waals surface area contributed by atoms with Crippen LogP contribution >= 0.6 is 15.9 Å². The first-order chi connectivity index (χ1) is 13.0. The molecule has 1 aromatic heterocycles. The molecule has 0 N–H and O–H groups in total. The maximum Gasteiger partial charge on any atom is 0.331 e. The second-order valence-corrected chi connectivity index (χ2v) is 7.83. The van der Waals surface area contributed by atoms with Gasteiger partial charge in [0.1, 0.15) is 0 Å². The van der Waals surface area contributed by atoms with E-state index in [4.69, 9.17) is 0 Å². The topological polar surface area (TPSA) is 47.2 Å². The van der Waals surface area contributed by atoms with Gasteiger partial charge >= 0.3 is 5.69 Å². The molecule has 0 radical (unpaired) electrons. The van der Waals surface area contributed by atoms with Crippen molar-refractivity contribution in [2.45, 2.75) is 26.2 Å². The van der Waals surface area contributed by atoms with Crippen LogP contribution in [0, 0.1) is 0 Å². The fourth-order valence-electron chi connectivity index (χ4n) is 3.59. The van der Waals surface area contributed by atoms with Crippen LogP contribution in [0.3, 0.4) is 0 Å². The molecule has 0 unspecified atom stereocenters. The molecular weight excluding hydrogens is 406 g/mol. The molecule has 0 saturated heterocycles. The van der Waals surface area contributed by atoms with Gasteiger partial charge in [0.15, 0.2) is 0 Å². The van der Waals surface area contributed by atoms with Crippen molar-refractivity contribution in [2.24, 2.45) is 7.05 Å². The predicted molar refractivity (Wildman–Crippen MR) is 109 cm³/mol. The van der Waals surface area contributed by atoms with Gasteiger partial charge in [0.2, 0.25) is 0 Å². The Morgan fingerprint density at radius 2 is 1.56 bits per heavy atom. The zero-order chi connectivity index (χ0) is 19.0. The van der Waals surface area contributed by atoms with E-state index in [0.29, 0.717) is 13.1 Å². The Kier molecular flexibility index (Phi) is 4.85. The molecule has 0 fully saturated rings. The quantitative estimate of drug-likeness (QED) is 0.645. The Bertz CT molecular complexity index is 1090. The number of rotatable bonds is 4. The lowest BCUT2D eigenvalue weighted by molar-refractivity contribution is 0.272. The molecule has 5 nitrogen and oxygen atoms in total. The van der Waals surface area contributed by atoms with Crippen molar-refractivity contribution in [1.29, 1.82) is 0 Å². The first kappa shape index (κ1) is 17.9. The molecular formula is C21H20BrN3O2. The van der Waals surface area contributed by atoms with Gasteiger partial charge in [-0.05, 0) is 23.3 Å². The van der Waals surface area contributed by atoms with E-state index >= 15 is 0 Å². The highest BCUT2D eigenvalue weighted by molar-refractivity contribution is 9.10. The minimum Gasteiger partial charge on any atom is -0.299 e. The van der Waals surface area contributed by atoms with Crippen LogP contribution in [0.25, 0.3) is 0 Å². The van der Waals surface area contributed by atoms with E-state index in [1.54, 1.807) is 11.6 Å². The highest BCUT2D eigenvalue weighted by atomic mass is 79.9. The molecule has 27 heavy (non-hydrogen) atoms. The molecule has 138 valence electrons. The summed E-state index contributed by atoms with van der Waals surface area (Å²) in [4.78, 5) is 28.0. The minimum absolute atomic E-state index is 0.174. The van der Waals surface area contributed by atoms with Crippen LogP contribution in [0.1, 0.15) is 22.4 Å². The van der Waals surface area contributed by atoms with Gasteiger partial charge in [0.25, 0.3) is 5.56 Å². The van der Waals surface area contributed by atoms with Crippen molar-refractivity contribution in [3.05, 3.63) is 102 Å². The standard InChI is InChI=1S/C21H20BrN3O2/c1-23-19-14-24(11-15-5-3-2-4-6-15)13-18(19)20(26)25(21(23)27)12-16-7-9-17(22)10-8-16/h2-10H,11-14H2,1H3. The third kappa shape index (κ3) is 3.55. The SMILES string of the molecule is Cn1c2c(c(=O)n(Cc3ccc(Br)cc3)c1=O)CN(Cc1ccccc1)C2. The molecule has 6 heteroatoms. The van der Waals surface area contributed by atoms with E-state index in [1.807, 2.05) is 42.5 Å². The van der Waals surface area contributed by atoms with Crippen molar-refractivity contribution in [2.75, 3.05) is 0 Å². The number of aromatic nitrogens is 2. The fourth-order valence-corrected chi connectivity index (χ4v) is 3.85. The van der Waals surface area contributed by atoms with Gasteiger partial charge in [-0.25, -0.2) is 4.79 Å². The number of fused-ring (bicyclic) bond motifs is 1. The lowest BCUT2D eigenvalue weighted by Gasteiger charge is -2.14. The fraction of sp³-hybridized carbons (Fsp3) is 0.238. The van der Waals surface area contributed by atoms with Crippen molar-refractivity contribution in [3.8, 4) is 0 Å². The van der Waals surface area contributed by atoms with Crippen LogP contribution in [0.5, 0.6) is 0 Å². The lowest BCUT2D eigenvalue weighted by atomic mass is 10.2. The summed E-state index contributed by atoms with van der Waals surface area (Å²) in [5.41, 5.74) is 3.25. The summed E-state index contributed by atoms with van der Waals surface area (Å²) in [6, 6.07) is 17.8. The first-order valence-electron chi connectivity index (χ1n) is 8.85. The number of hydrogen-bond donors (Lipinski definition) is 0. The number of benzene rings is 2. The molecule has 0 spiro atoms. The predicted octanol–water partition coefficient (Wildman–Crippen LogP) is 2.87. The minimum atomic E-state index is -0.261. The number of halogens is 1. The van der Waals surface area contributed by atoms with Crippen molar-refractivity contribution >= 4 is 15.9 Å². The Morgan fingerprint density at radius 1 is 0.889 bits per heavy atom. The van der Waals surface area contributed by atoms with E-state index in [9.17, 15) is 9.59 Å². The first-order valence-corrected chi connectivity index (χ1v) is 9.64. The highest BCUT2D eigenvalue weighted by Crippen LogP contribution is 2.20. The van der Waals surface area contributed by atoms with Crippen molar-refractivity contribution in [1.82, 2.24) is 14.0 Å². The summed E-state index contributed by atoms with van der Waals surface area (Å²) in [6.07, 6.45) is 0. The molecule has 0 atom stereocenters. The van der Waals surface area contributed by atoms with Gasteiger partial charge in [0.05, 0.1) is 12.1 Å². The molecule has 4 rings (SSSR count). The Morgan fingerprint density at radius 3 is 2.26 bits per heavy atom. The molecule has 1 aliphatic heterocycles. The monoisotopic (exact) mass is 425 g/mol. The largest absolute Gasteiger partial charge is 0.331 e. The molecule has 0 aliphatic carbocycles. The third-order valence-electron chi connectivity index (χ3n) is 5.03. The second kappa shape index (κ2) is 7.29. The summed E-state index contributed by atoms with van der Waals surface area (Å²) in [6.45, 7) is 2.22. The van der Waals surface area contributed by atoms with Gasteiger partial charge in [-0.3, -0.25) is 18.8 Å². The van der Waals surface area contributed by atoms with E-state index in [1.165, 1.54) is 10.1 Å². The Hall–Kier alpha value is -2.44. The smallest absolute Gasteiger partial charge is 0.299 e. The van der Waals surface area contributed by atoms with Crippen LogP contribution in [0.15, 0.2) is 68.7 Å². The normalized spacial score (nSPS) is 13.7. The highest BCUT2D eigenvalue weighted by Gasteiger charge is 2.26. The van der Waals surface area contributed by atoms with Gasteiger partial charge in [-0.1, -0.05) is 58.4 Å². The molecule has 0 saturated carbocycles. The van der Waals surface area contributed by atoms with Gasteiger partial charge in [-0.2, -0.15) is 0 Å². The van der Waals surface area contributed by atoms with Crippen molar-refractivity contribution in [3.63, 3.8) is 0 Å². The average molecular weight is 426 g/mol. The van der Waals surface area contributed by atoms with Crippen LogP contribution in [-0.4, -0.2) is 14.0 Å². The van der Waals surface area contributed by atoms with Crippen LogP contribution in [0.2, 0.25) is 0 Å². The molecule has 1 aliphatic rings. The van der Waals surface area contributed by atoms with Gasteiger partial charge in [0, 0.05) is 36.8 Å². The number of nitrogens with zero attached hydrogens (tertiary/aromatic N) is 3. The lowest BCUT2D eigenvalue weighted by Crippen LogP contribution is -2.41. The van der Waals surface area contributed by atoms with Crippen LogP contribution in [-0.2, 0) is 33.2 Å². The van der Waals surface area contributed by atoms with Crippen LogP contribution < -0.4 is 11.2 Å². The van der Waals surface area contributed by atoms with E-state index < -0.39 is 0 Å². The summed E-state index contributed by atoms with van der Waals surface area (Å²) >= 11 is 3.41. The maximum atomic E-state index is 13.0. The molecule has 2 heterocycles. The second-order valence-electron chi connectivity index (χ2n) is 6.92. The van der Waals surface area contributed by atoms with Gasteiger partial charge in [-0.15, -0.1) is 0 Å². The van der Waals surface area contributed by atoms with Crippen molar-refractivity contribution < 1.29 is 0 Å². The number of hydrogen-bond acceptors (Lipinski definition) is 3. The zero-order valence-electron chi connectivity index (χ0n) is 15.1. The van der Waals surface area contributed by atoms with Gasteiger partial charge < -0.3 is 0 Å². The van der Waals surface area contributed by atoms with E-state index in [0.717, 1.165) is 27.8 Å². The maximum absolute atomic E-state index is 13.0. The summed E-state index contributed by atoms with van der Waals surface area (Å²) in [5, 5.41) is 0. The van der Waals surface area contributed by atoms with E-state index in [2.05, 4.69) is 33.0 Å². The molecule has 0 amide bonds. The summed E-state index contributed by atoms with van der Waals surface area (Å²) in [7, 11) is 1.75. The Labute approximate surface area is 165 Å². The third-order valence-corrected chi connectivity index (χ3v) is 5.56. The van der Waals surface area contributed by atoms with E-state index in [-0.39, 0.29) is 17.8 Å².